The van der Waals surface area contributed by atoms with Crippen LogP contribution in [0.3, 0.4) is 0 Å². The molecule has 1 aliphatic carbocycles. The number of esters is 1. The smallest absolute Gasteiger partial charge is 0.334 e. The number of aliphatic hydroxyl groups is 1. The van der Waals surface area contributed by atoms with Gasteiger partial charge < -0.3 is 9.84 Å². The molecule has 0 amide bonds. The summed E-state index contributed by atoms with van der Waals surface area (Å²) in [7, 11) is 0. The largest absolute Gasteiger partial charge is 0.451 e. The summed E-state index contributed by atoms with van der Waals surface area (Å²) in [6.45, 7) is 1.77. The summed E-state index contributed by atoms with van der Waals surface area (Å²) in [6, 6.07) is 9.51. The molecule has 0 saturated heterocycles. The van der Waals surface area contributed by atoms with E-state index in [-0.39, 0.29) is 5.97 Å². The van der Waals surface area contributed by atoms with Crippen LogP contribution in [0.5, 0.6) is 0 Å². The summed E-state index contributed by atoms with van der Waals surface area (Å²) in [5.74, 6) is -0.267. The molecule has 0 radical (unpaired) electrons. The van der Waals surface area contributed by atoms with Crippen LogP contribution in [0.1, 0.15) is 50.7 Å². The van der Waals surface area contributed by atoms with Gasteiger partial charge in [0.1, 0.15) is 11.7 Å². The van der Waals surface area contributed by atoms with E-state index in [4.69, 9.17) is 4.74 Å². The Bertz CT molecular complexity index is 539. The van der Waals surface area contributed by atoms with Crippen LogP contribution in [0.25, 0.3) is 0 Å². The number of hydrogen-bond donors (Lipinski definition) is 1. The first-order valence-electron chi connectivity index (χ1n) is 7.32. The maximum Gasteiger partial charge on any atom is 0.334 e. The van der Waals surface area contributed by atoms with Gasteiger partial charge in [-0.25, -0.2) is 4.79 Å². The standard InChI is InChI=1S/C17H20O3/c1-12-14(15(18)13-8-4-2-5-9-13)17(20-16(12)19)10-6-3-7-11-17/h2,4-5,8-9,15,18H,3,6-7,10-11H2,1H3. The third-order valence-corrected chi connectivity index (χ3v) is 4.54. The first-order chi connectivity index (χ1) is 9.64. The third kappa shape index (κ3) is 2.06. The van der Waals surface area contributed by atoms with Crippen molar-refractivity contribution < 1.29 is 14.6 Å². The maximum absolute atomic E-state index is 12.0. The second-order valence-electron chi connectivity index (χ2n) is 5.80. The van der Waals surface area contributed by atoms with E-state index in [0.717, 1.165) is 36.8 Å². The van der Waals surface area contributed by atoms with Gasteiger partial charge in [0.15, 0.2) is 0 Å². The lowest BCUT2D eigenvalue weighted by Crippen LogP contribution is -2.36. The van der Waals surface area contributed by atoms with Crippen LogP contribution in [0.4, 0.5) is 0 Å². The monoisotopic (exact) mass is 272 g/mol. The first kappa shape index (κ1) is 13.4. The fraction of sp³-hybridized carbons (Fsp3) is 0.471. The van der Waals surface area contributed by atoms with E-state index in [1.165, 1.54) is 6.42 Å². The number of carbonyl (C=O) groups is 1. The van der Waals surface area contributed by atoms with Gasteiger partial charge in [0, 0.05) is 11.1 Å². The lowest BCUT2D eigenvalue weighted by Gasteiger charge is -2.36. The predicted octanol–water partition coefficient (Wildman–Crippen LogP) is 3.30. The Morgan fingerprint density at radius 2 is 1.80 bits per heavy atom. The molecule has 1 fully saturated rings. The van der Waals surface area contributed by atoms with Crippen molar-refractivity contribution in [3.63, 3.8) is 0 Å². The van der Waals surface area contributed by atoms with Crippen LogP contribution in [0.2, 0.25) is 0 Å². The molecule has 3 heteroatoms. The molecule has 2 aliphatic rings. The Morgan fingerprint density at radius 1 is 1.15 bits per heavy atom. The van der Waals surface area contributed by atoms with Gasteiger partial charge in [0.25, 0.3) is 0 Å². The van der Waals surface area contributed by atoms with Gasteiger partial charge in [-0.15, -0.1) is 0 Å². The van der Waals surface area contributed by atoms with Gasteiger partial charge >= 0.3 is 5.97 Å². The molecule has 3 rings (SSSR count). The van der Waals surface area contributed by atoms with Crippen molar-refractivity contribution in [3.05, 3.63) is 47.0 Å². The molecule has 0 bridgehead atoms. The zero-order chi connectivity index (χ0) is 14.2. The van der Waals surface area contributed by atoms with Crippen LogP contribution in [-0.4, -0.2) is 16.7 Å². The second-order valence-corrected chi connectivity index (χ2v) is 5.80. The van der Waals surface area contributed by atoms with Crippen molar-refractivity contribution in [1.29, 1.82) is 0 Å². The highest BCUT2D eigenvalue weighted by molar-refractivity contribution is 5.92. The topological polar surface area (TPSA) is 46.5 Å². The summed E-state index contributed by atoms with van der Waals surface area (Å²) < 4.78 is 5.68. The van der Waals surface area contributed by atoms with Crippen molar-refractivity contribution in [3.8, 4) is 0 Å². The van der Waals surface area contributed by atoms with E-state index in [2.05, 4.69) is 0 Å². The SMILES string of the molecule is CC1=C(C(O)c2ccccc2)C2(CCCCC2)OC1=O. The highest BCUT2D eigenvalue weighted by Crippen LogP contribution is 2.48. The zero-order valence-corrected chi connectivity index (χ0v) is 11.8. The predicted molar refractivity (Wildman–Crippen MR) is 76.0 cm³/mol. The Kier molecular flexibility index (Phi) is 3.38. The summed E-state index contributed by atoms with van der Waals surface area (Å²) in [4.78, 5) is 12.0. The summed E-state index contributed by atoms with van der Waals surface area (Å²) in [5.41, 5.74) is 1.64. The maximum atomic E-state index is 12.0. The minimum absolute atomic E-state index is 0.267. The average Bonchev–Trinajstić information content (AvgIpc) is 2.71. The molecular weight excluding hydrogens is 252 g/mol. The van der Waals surface area contributed by atoms with Crippen molar-refractivity contribution in [2.45, 2.75) is 50.7 Å². The minimum atomic E-state index is -0.749. The van der Waals surface area contributed by atoms with Gasteiger partial charge in [0.2, 0.25) is 0 Å². The second kappa shape index (κ2) is 5.06. The molecule has 0 aromatic heterocycles. The minimum Gasteiger partial charge on any atom is -0.451 e. The fourth-order valence-corrected chi connectivity index (χ4v) is 3.51. The first-order valence-corrected chi connectivity index (χ1v) is 7.32. The Balaban J connectivity index is 2.01. The van der Waals surface area contributed by atoms with Gasteiger partial charge in [0.05, 0.1) is 0 Å². The van der Waals surface area contributed by atoms with Crippen LogP contribution in [0, 0.1) is 0 Å². The normalized spacial score (nSPS) is 23.0. The molecule has 1 spiro atoms. The van der Waals surface area contributed by atoms with Crippen molar-refractivity contribution in [2.24, 2.45) is 0 Å². The molecule has 1 aliphatic heterocycles. The number of aliphatic hydroxyl groups excluding tert-OH is 1. The lowest BCUT2D eigenvalue weighted by molar-refractivity contribution is -0.149. The molecule has 1 heterocycles. The number of ether oxygens (including phenoxy) is 1. The van der Waals surface area contributed by atoms with Crippen LogP contribution >= 0.6 is 0 Å². The Hall–Kier alpha value is -1.61. The van der Waals surface area contributed by atoms with Crippen LogP contribution in [0.15, 0.2) is 41.5 Å². The lowest BCUT2D eigenvalue weighted by atomic mass is 9.75. The van der Waals surface area contributed by atoms with E-state index in [1.807, 2.05) is 30.3 Å². The molecule has 1 atom stereocenters. The Labute approximate surface area is 119 Å². The fourth-order valence-electron chi connectivity index (χ4n) is 3.51. The van der Waals surface area contributed by atoms with E-state index in [1.54, 1.807) is 6.92 Å². The van der Waals surface area contributed by atoms with E-state index in [0.29, 0.717) is 5.57 Å². The number of carbonyl (C=O) groups excluding carboxylic acids is 1. The van der Waals surface area contributed by atoms with E-state index in [9.17, 15) is 9.90 Å². The summed E-state index contributed by atoms with van der Waals surface area (Å²) in [6.07, 6.45) is 4.18. The van der Waals surface area contributed by atoms with Gasteiger partial charge in [-0.3, -0.25) is 0 Å². The van der Waals surface area contributed by atoms with Crippen LogP contribution < -0.4 is 0 Å². The average molecular weight is 272 g/mol. The quantitative estimate of drug-likeness (QED) is 0.840. The van der Waals surface area contributed by atoms with Gasteiger partial charge in [-0.2, -0.15) is 0 Å². The molecule has 20 heavy (non-hydrogen) atoms. The molecule has 1 aromatic carbocycles. The molecule has 1 unspecified atom stereocenters. The summed E-state index contributed by atoms with van der Waals surface area (Å²) in [5, 5.41) is 10.7. The third-order valence-electron chi connectivity index (χ3n) is 4.54. The summed E-state index contributed by atoms with van der Waals surface area (Å²) >= 11 is 0. The number of hydrogen-bond acceptors (Lipinski definition) is 3. The van der Waals surface area contributed by atoms with Gasteiger partial charge in [-0.05, 0) is 38.2 Å². The van der Waals surface area contributed by atoms with E-state index >= 15 is 0 Å². The number of benzene rings is 1. The molecule has 1 saturated carbocycles. The zero-order valence-electron chi connectivity index (χ0n) is 11.8. The van der Waals surface area contributed by atoms with Crippen molar-refractivity contribution in [2.75, 3.05) is 0 Å². The molecule has 3 nitrogen and oxygen atoms in total. The molecule has 1 aromatic rings. The Morgan fingerprint density at radius 3 is 2.45 bits per heavy atom. The van der Waals surface area contributed by atoms with E-state index < -0.39 is 11.7 Å². The van der Waals surface area contributed by atoms with Gasteiger partial charge in [-0.1, -0.05) is 36.8 Å². The number of rotatable bonds is 2. The molecular formula is C17H20O3. The highest BCUT2D eigenvalue weighted by Gasteiger charge is 2.49. The van der Waals surface area contributed by atoms with Crippen LogP contribution in [-0.2, 0) is 9.53 Å². The highest BCUT2D eigenvalue weighted by atomic mass is 16.6. The van der Waals surface area contributed by atoms with Crippen molar-refractivity contribution in [1.82, 2.24) is 0 Å². The molecule has 106 valence electrons. The molecule has 1 N–H and O–H groups in total. The van der Waals surface area contributed by atoms with Crippen molar-refractivity contribution >= 4 is 5.97 Å².